The lowest BCUT2D eigenvalue weighted by atomic mass is 10.1. The summed E-state index contributed by atoms with van der Waals surface area (Å²) >= 11 is 6.15. The number of esters is 1. The minimum absolute atomic E-state index is 0.167. The first-order valence-electron chi connectivity index (χ1n) is 8.40. The Morgan fingerprint density at radius 2 is 1.93 bits per heavy atom. The molecule has 1 N–H and O–H groups in total. The molecule has 0 aromatic heterocycles. The summed E-state index contributed by atoms with van der Waals surface area (Å²) in [6.45, 7) is 5.66. The Bertz CT molecular complexity index is 851. The highest BCUT2D eigenvalue weighted by Crippen LogP contribution is 2.36. The van der Waals surface area contributed by atoms with Gasteiger partial charge in [0.25, 0.3) is 5.91 Å². The Balaban J connectivity index is 2.04. The Labute approximate surface area is 163 Å². The van der Waals surface area contributed by atoms with Crippen LogP contribution in [0.2, 0.25) is 5.02 Å². The first kappa shape index (κ1) is 20.6. The van der Waals surface area contributed by atoms with Crippen molar-refractivity contribution in [2.75, 3.05) is 25.6 Å². The molecule has 2 rings (SSSR count). The number of methoxy groups -OCH3 is 1. The predicted molar refractivity (Wildman–Crippen MR) is 104 cm³/mol. The van der Waals surface area contributed by atoms with E-state index in [-0.39, 0.29) is 10.6 Å². The van der Waals surface area contributed by atoms with Crippen molar-refractivity contribution in [3.63, 3.8) is 0 Å². The van der Waals surface area contributed by atoms with Gasteiger partial charge in [0.05, 0.1) is 24.3 Å². The zero-order chi connectivity index (χ0) is 20.0. The lowest BCUT2D eigenvalue weighted by Gasteiger charge is -2.13. The number of ether oxygens (including phenoxy) is 3. The van der Waals surface area contributed by atoms with Crippen LogP contribution in [-0.4, -0.2) is 32.2 Å². The average molecular weight is 392 g/mol. The van der Waals surface area contributed by atoms with Crippen molar-refractivity contribution >= 4 is 29.2 Å². The summed E-state index contributed by atoms with van der Waals surface area (Å²) in [6.07, 6.45) is 0. The van der Waals surface area contributed by atoms with E-state index in [4.69, 9.17) is 25.8 Å². The predicted octanol–water partition coefficient (Wildman–Crippen LogP) is 4.16. The van der Waals surface area contributed by atoms with Gasteiger partial charge in [-0.2, -0.15) is 0 Å². The van der Waals surface area contributed by atoms with Crippen LogP contribution in [0, 0.1) is 13.8 Å². The minimum Gasteiger partial charge on any atom is -0.493 e. The summed E-state index contributed by atoms with van der Waals surface area (Å²) in [7, 11) is 1.45. The molecule has 7 heteroatoms. The maximum atomic E-state index is 12.3. The number of benzene rings is 2. The van der Waals surface area contributed by atoms with Crippen LogP contribution in [-0.2, 0) is 9.53 Å². The number of hydrogen-bond acceptors (Lipinski definition) is 5. The van der Waals surface area contributed by atoms with Crippen LogP contribution in [0.3, 0.4) is 0 Å². The molecular weight excluding hydrogens is 370 g/mol. The summed E-state index contributed by atoms with van der Waals surface area (Å²) in [5.74, 6) is -0.447. The van der Waals surface area contributed by atoms with Gasteiger partial charge in [-0.15, -0.1) is 0 Å². The molecule has 0 bridgehead atoms. The second-order valence-corrected chi connectivity index (χ2v) is 6.20. The van der Waals surface area contributed by atoms with E-state index >= 15 is 0 Å². The van der Waals surface area contributed by atoms with E-state index in [2.05, 4.69) is 5.32 Å². The zero-order valence-electron chi connectivity index (χ0n) is 15.7. The smallest absolute Gasteiger partial charge is 0.338 e. The average Bonchev–Trinajstić information content (AvgIpc) is 2.65. The Morgan fingerprint density at radius 1 is 1.19 bits per heavy atom. The molecule has 27 heavy (non-hydrogen) atoms. The normalized spacial score (nSPS) is 10.3. The van der Waals surface area contributed by atoms with Gasteiger partial charge in [-0.3, -0.25) is 4.79 Å². The van der Waals surface area contributed by atoms with Crippen molar-refractivity contribution in [3.8, 4) is 11.5 Å². The van der Waals surface area contributed by atoms with Crippen LogP contribution in [0.5, 0.6) is 11.5 Å². The number of hydrogen-bond donors (Lipinski definition) is 1. The largest absolute Gasteiger partial charge is 0.493 e. The number of aryl methyl sites for hydroxylation is 1. The molecule has 0 unspecified atom stereocenters. The molecule has 0 radical (unpaired) electrons. The standard InChI is InChI=1S/C20H22ClNO5/c1-5-26-19-15(21)9-14(10-17(19)25-4)20(24)27-11-18(23)22-16-8-6-7-12(2)13(16)3/h6-10H,5,11H2,1-4H3,(H,22,23). The third kappa shape index (κ3) is 5.14. The third-order valence-corrected chi connectivity index (χ3v) is 4.25. The lowest BCUT2D eigenvalue weighted by Crippen LogP contribution is -2.21. The lowest BCUT2D eigenvalue weighted by molar-refractivity contribution is -0.119. The monoisotopic (exact) mass is 391 g/mol. The van der Waals surface area contributed by atoms with Crippen LogP contribution in [0.4, 0.5) is 5.69 Å². The van der Waals surface area contributed by atoms with Gasteiger partial charge in [0.1, 0.15) is 0 Å². The van der Waals surface area contributed by atoms with Gasteiger partial charge >= 0.3 is 5.97 Å². The summed E-state index contributed by atoms with van der Waals surface area (Å²) < 4.78 is 15.7. The molecule has 0 saturated carbocycles. The zero-order valence-corrected chi connectivity index (χ0v) is 16.5. The van der Waals surface area contributed by atoms with E-state index in [1.54, 1.807) is 6.07 Å². The molecule has 2 aromatic rings. The number of nitrogens with one attached hydrogen (secondary N) is 1. The molecule has 0 saturated heterocycles. The highest BCUT2D eigenvalue weighted by Gasteiger charge is 2.18. The van der Waals surface area contributed by atoms with E-state index in [1.807, 2.05) is 32.9 Å². The third-order valence-electron chi connectivity index (χ3n) is 3.97. The molecule has 144 valence electrons. The second-order valence-electron chi connectivity index (χ2n) is 5.79. The molecule has 1 amide bonds. The number of anilines is 1. The fraction of sp³-hybridized carbons (Fsp3) is 0.300. The van der Waals surface area contributed by atoms with Gasteiger partial charge in [-0.25, -0.2) is 4.79 Å². The number of carbonyl (C=O) groups excluding carboxylic acids is 2. The van der Waals surface area contributed by atoms with E-state index in [0.29, 0.717) is 23.8 Å². The van der Waals surface area contributed by atoms with Crippen molar-refractivity contribution in [2.24, 2.45) is 0 Å². The number of rotatable bonds is 7. The summed E-state index contributed by atoms with van der Waals surface area (Å²) in [5, 5.41) is 2.96. The highest BCUT2D eigenvalue weighted by molar-refractivity contribution is 6.32. The maximum absolute atomic E-state index is 12.3. The summed E-state index contributed by atoms with van der Waals surface area (Å²) in [5.41, 5.74) is 2.86. The summed E-state index contributed by atoms with van der Waals surface area (Å²) in [4.78, 5) is 24.3. The maximum Gasteiger partial charge on any atom is 0.338 e. The van der Waals surface area contributed by atoms with Crippen LogP contribution < -0.4 is 14.8 Å². The molecule has 2 aromatic carbocycles. The molecule has 0 fully saturated rings. The fourth-order valence-electron chi connectivity index (χ4n) is 2.41. The van der Waals surface area contributed by atoms with Gasteiger partial charge in [0.2, 0.25) is 0 Å². The molecule has 0 aliphatic carbocycles. The van der Waals surface area contributed by atoms with E-state index < -0.39 is 18.5 Å². The van der Waals surface area contributed by atoms with Crippen LogP contribution in [0.15, 0.2) is 30.3 Å². The fourth-order valence-corrected chi connectivity index (χ4v) is 2.67. The topological polar surface area (TPSA) is 73.9 Å². The minimum atomic E-state index is -0.686. The molecule has 6 nitrogen and oxygen atoms in total. The number of carbonyl (C=O) groups is 2. The van der Waals surface area contributed by atoms with Crippen molar-refractivity contribution in [3.05, 3.63) is 52.0 Å². The molecule has 0 heterocycles. The van der Waals surface area contributed by atoms with Crippen LogP contribution >= 0.6 is 11.6 Å². The van der Waals surface area contributed by atoms with Gasteiger partial charge in [-0.05, 0) is 50.1 Å². The SMILES string of the molecule is CCOc1c(Cl)cc(C(=O)OCC(=O)Nc2cccc(C)c2C)cc1OC. The Hall–Kier alpha value is -2.73. The van der Waals surface area contributed by atoms with E-state index in [0.717, 1.165) is 11.1 Å². The first-order valence-corrected chi connectivity index (χ1v) is 8.78. The molecule has 0 spiro atoms. The van der Waals surface area contributed by atoms with E-state index in [1.165, 1.54) is 19.2 Å². The molecule has 0 aliphatic rings. The van der Waals surface area contributed by atoms with Crippen molar-refractivity contribution in [1.29, 1.82) is 0 Å². The van der Waals surface area contributed by atoms with Crippen molar-refractivity contribution < 1.29 is 23.8 Å². The first-order chi connectivity index (χ1) is 12.9. The molecule has 0 atom stereocenters. The molecule has 0 aliphatic heterocycles. The quantitative estimate of drug-likeness (QED) is 0.717. The van der Waals surface area contributed by atoms with Gasteiger partial charge in [-0.1, -0.05) is 23.7 Å². The van der Waals surface area contributed by atoms with Gasteiger partial charge in [0.15, 0.2) is 18.1 Å². The van der Waals surface area contributed by atoms with Crippen molar-refractivity contribution in [1.82, 2.24) is 0 Å². The van der Waals surface area contributed by atoms with Crippen molar-refractivity contribution in [2.45, 2.75) is 20.8 Å². The highest BCUT2D eigenvalue weighted by atomic mass is 35.5. The Morgan fingerprint density at radius 3 is 2.59 bits per heavy atom. The second kappa shape index (κ2) is 9.28. The van der Waals surface area contributed by atoms with Gasteiger partial charge in [0, 0.05) is 5.69 Å². The number of halogens is 1. The number of amides is 1. The van der Waals surface area contributed by atoms with E-state index in [9.17, 15) is 9.59 Å². The van der Waals surface area contributed by atoms with Gasteiger partial charge < -0.3 is 19.5 Å². The Kier molecular flexibility index (Phi) is 7.07. The molecular formula is C20H22ClNO5. The summed E-state index contributed by atoms with van der Waals surface area (Å²) in [6, 6.07) is 8.47. The van der Waals surface area contributed by atoms with Crippen LogP contribution in [0.1, 0.15) is 28.4 Å². The van der Waals surface area contributed by atoms with Crippen LogP contribution in [0.25, 0.3) is 0 Å².